The number of carbonyl (C=O) groups is 1. The van der Waals surface area contributed by atoms with Gasteiger partial charge in [0.2, 0.25) is 0 Å². The number of aromatic nitrogens is 1. The summed E-state index contributed by atoms with van der Waals surface area (Å²) >= 11 is 0. The van der Waals surface area contributed by atoms with Crippen molar-refractivity contribution in [2.45, 2.75) is 31.5 Å². The number of aromatic amines is 1. The van der Waals surface area contributed by atoms with Gasteiger partial charge >= 0.3 is 5.97 Å². The summed E-state index contributed by atoms with van der Waals surface area (Å²) in [5.41, 5.74) is 8.58. The van der Waals surface area contributed by atoms with Crippen LogP contribution in [0.2, 0.25) is 0 Å². The summed E-state index contributed by atoms with van der Waals surface area (Å²) in [7, 11) is 106. The Morgan fingerprint density at radius 2 is 1.16 bits per heavy atom. The lowest BCUT2D eigenvalue weighted by Crippen LogP contribution is -2.89. The van der Waals surface area contributed by atoms with Gasteiger partial charge in [-0.15, -0.1) is 0 Å². The molecule has 74 heavy (non-hydrogen) atoms. The highest BCUT2D eigenvalue weighted by atomic mass is 19.1. The molecule has 0 spiro atoms. The first kappa shape index (κ1) is 60.7. The van der Waals surface area contributed by atoms with E-state index in [-0.39, 0.29) is 23.9 Å². The minimum atomic E-state index is -1.11. The normalized spacial score (nSPS) is 14.1. The Balaban J connectivity index is 0.000000253. The predicted octanol–water partition coefficient (Wildman–Crippen LogP) is -5.26. The second kappa shape index (κ2) is 26.9. The summed E-state index contributed by atoms with van der Waals surface area (Å²) in [6.45, 7) is 1.19. The monoisotopic (exact) mass is 915 g/mol. The molecule has 2 atom stereocenters. The average Bonchev–Trinajstić information content (AvgIpc) is 3.72. The number of benzene rings is 4. The number of hydrogen-bond donors (Lipinski definition) is 1. The van der Waals surface area contributed by atoms with Crippen molar-refractivity contribution in [1.29, 1.82) is 0 Å². The van der Waals surface area contributed by atoms with E-state index in [2.05, 4.69) is 46.3 Å². The molecular weight excluding hydrogens is 877 g/mol. The number of H-pyrrole nitrogens is 1. The fraction of sp³-hybridized carbons (Fsp3) is 0.229. The molecule has 0 fully saturated rings. The first-order chi connectivity index (χ1) is 35.0. The quantitative estimate of drug-likeness (QED) is 0.0626. The molecule has 2 aliphatic heterocycles. The van der Waals surface area contributed by atoms with Crippen LogP contribution < -0.4 is 9.47 Å². The van der Waals surface area contributed by atoms with Gasteiger partial charge in [0, 0.05) is 256 Å². The zero-order valence-corrected chi connectivity index (χ0v) is 42.0. The molecule has 1 aromatic heterocycles. The number of methoxy groups -OCH3 is 2. The largest absolute Gasteiger partial charge is 0.493 e. The Labute approximate surface area is 468 Å². The highest BCUT2D eigenvalue weighted by molar-refractivity contribution is 8.28. The summed E-state index contributed by atoms with van der Waals surface area (Å²) < 4.78 is 30.9. The van der Waals surface area contributed by atoms with Crippen LogP contribution in [0.15, 0.2) is 84.9 Å². The summed E-state index contributed by atoms with van der Waals surface area (Å²) in [6, 6.07) is 26.9. The predicted molar refractivity (Wildman–Crippen MR) is 343 cm³/mol. The summed E-state index contributed by atoms with van der Waals surface area (Å²) in [5.74, 6) is 0.777. The van der Waals surface area contributed by atoms with Gasteiger partial charge in [-0.05, 0) is 83.1 Å². The van der Waals surface area contributed by atoms with Crippen LogP contribution in [0.5, 0.6) is 11.5 Å². The highest BCUT2D eigenvalue weighted by Gasteiger charge is 2.53. The van der Waals surface area contributed by atoms with Gasteiger partial charge in [0.05, 0.1) is 25.8 Å². The van der Waals surface area contributed by atoms with Crippen molar-refractivity contribution in [3.8, 4) is 11.5 Å². The molecule has 0 bridgehead atoms. The van der Waals surface area contributed by atoms with E-state index < -0.39 is 95.8 Å². The average molecular weight is 909 g/mol. The first-order valence-electron chi connectivity index (χ1n) is 24.5. The topological polar surface area (TPSA) is 63.8 Å². The van der Waals surface area contributed by atoms with Crippen molar-refractivity contribution >= 4 is 244 Å². The van der Waals surface area contributed by atoms with Gasteiger partial charge in [-0.3, -0.25) is 4.90 Å². The molecule has 34 radical (unpaired) electrons. The van der Waals surface area contributed by atoms with Crippen LogP contribution >= 0.6 is 0 Å². The molecule has 7 rings (SSSR count). The van der Waals surface area contributed by atoms with Gasteiger partial charge in [0.25, 0.3) is 0 Å². The van der Waals surface area contributed by atoms with Crippen LogP contribution in [0, 0.1) is 5.82 Å². The van der Waals surface area contributed by atoms with E-state index in [1.165, 1.54) is 34.9 Å². The number of esters is 1. The Morgan fingerprint density at radius 3 is 1.66 bits per heavy atom. The van der Waals surface area contributed by atoms with E-state index >= 15 is 0 Å². The maximum absolute atomic E-state index is 14.0. The van der Waals surface area contributed by atoms with Crippen LogP contribution in [0.3, 0.4) is 0 Å². The van der Waals surface area contributed by atoms with E-state index in [0.29, 0.717) is 23.7 Å². The van der Waals surface area contributed by atoms with Crippen LogP contribution in [0.25, 0.3) is 10.9 Å². The van der Waals surface area contributed by atoms with Gasteiger partial charge in [0.15, 0.2) is 11.5 Å². The van der Waals surface area contributed by atoms with Crippen molar-refractivity contribution in [2.24, 2.45) is 0 Å². The Kier molecular flexibility index (Phi) is 22.0. The Morgan fingerprint density at radius 1 is 0.635 bits per heavy atom. The van der Waals surface area contributed by atoms with Crippen molar-refractivity contribution in [2.75, 3.05) is 20.8 Å². The number of carbonyl (C=O) groups excluding carboxylic acids is 1. The lowest BCUT2D eigenvalue weighted by atomic mass is 8.30. The van der Waals surface area contributed by atoms with Gasteiger partial charge in [-0.25, -0.2) is 9.18 Å². The molecule has 0 saturated carbocycles. The summed E-state index contributed by atoms with van der Waals surface area (Å²) in [5, 5.41) is 1.23. The third kappa shape index (κ3) is 13.6. The molecule has 308 valence electrons. The fourth-order valence-corrected chi connectivity index (χ4v) is 11.5. The molecular formula is C35H31B32FN2O4. The first-order valence-corrected chi connectivity index (χ1v) is 24.5. The van der Waals surface area contributed by atoms with Crippen LogP contribution in [-0.2, 0) is 24.2 Å². The Hall–Kier alpha value is -2.54. The van der Waals surface area contributed by atoms with Crippen molar-refractivity contribution in [1.82, 2.24) is 9.88 Å². The molecule has 4 aromatic carbocycles. The second-order valence-corrected chi connectivity index (χ2v) is 19.6. The summed E-state index contributed by atoms with van der Waals surface area (Å²) in [4.78, 5) is 18.1. The smallest absolute Gasteiger partial charge is 0.337 e. The molecule has 0 aliphatic carbocycles. The van der Waals surface area contributed by atoms with Gasteiger partial charge in [0.1, 0.15) is 12.4 Å². The lowest BCUT2D eigenvalue weighted by molar-refractivity contribution is 0.0600. The molecule has 6 nitrogen and oxygen atoms in total. The fourth-order valence-electron chi connectivity index (χ4n) is 11.5. The maximum Gasteiger partial charge on any atom is 0.337 e. The standard InChI is InChI=1S/C35H31FN2O4.B32/c1-40-31-17-24-15-16-38-30(27(24)19-32(31)42-20-21-7-9-23(10-8-21)35(39)41-2)18-28-26-5-3-4-6-29(26)37-33(28)34(38)22-11-13-25(36)14-12-22;1-18(2)26(17)30(25(15)16)32(29(23(11)12)24(13)14)31(27(19(3)4)20(5)6)28(21(7)8)22(9)10/h3-14,17,19,30,34,37H,15-16,18,20H2,1-2H3;. The Bertz CT molecular complexity index is 2580. The number of nitrogens with zero attached hydrogens (tertiary/aromatic N) is 1. The number of hydrogen-bond acceptors (Lipinski definition) is 5. The number of ether oxygens (including phenoxy) is 3. The minimum absolute atomic E-state index is 0.0281. The molecule has 39 heteroatoms. The van der Waals surface area contributed by atoms with E-state index in [1.807, 2.05) is 24.3 Å². The van der Waals surface area contributed by atoms with Crippen molar-refractivity contribution in [3.63, 3.8) is 0 Å². The molecule has 0 saturated heterocycles. The third-order valence-electron chi connectivity index (χ3n) is 14.9. The lowest BCUT2D eigenvalue weighted by Gasteiger charge is -2.51. The highest BCUT2D eigenvalue weighted by Crippen LogP contribution is 2.49. The van der Waals surface area contributed by atoms with E-state index in [4.69, 9.17) is 146 Å². The van der Waals surface area contributed by atoms with E-state index in [0.717, 1.165) is 36.0 Å². The molecule has 2 aliphatic rings. The number of para-hydroxylation sites is 1. The summed E-state index contributed by atoms with van der Waals surface area (Å²) in [6.07, 6.45) is -13.4. The van der Waals surface area contributed by atoms with E-state index in [1.54, 1.807) is 31.4 Å². The van der Waals surface area contributed by atoms with Crippen molar-refractivity contribution in [3.05, 3.63) is 130 Å². The second-order valence-electron chi connectivity index (χ2n) is 19.6. The molecule has 1 N–H and O–H groups in total. The molecule has 2 unspecified atom stereocenters. The van der Waals surface area contributed by atoms with Gasteiger partial charge in [-0.2, -0.15) is 0 Å². The zero-order valence-electron chi connectivity index (χ0n) is 42.0. The van der Waals surface area contributed by atoms with Crippen molar-refractivity contribution < 1.29 is 23.4 Å². The van der Waals surface area contributed by atoms with Crippen LogP contribution in [0.1, 0.15) is 56.0 Å². The maximum atomic E-state index is 14.0. The van der Waals surface area contributed by atoms with Crippen LogP contribution in [-0.4, -0.2) is 264 Å². The number of halogens is 1. The zero-order chi connectivity index (χ0) is 54.5. The number of nitrogens with one attached hydrogen (secondary N) is 1. The number of fused-ring (bicyclic) bond motifs is 6. The third-order valence-corrected chi connectivity index (χ3v) is 14.9. The molecule has 5 aromatic rings. The van der Waals surface area contributed by atoms with Gasteiger partial charge in [-0.1, -0.05) is 42.5 Å². The van der Waals surface area contributed by atoms with E-state index in [9.17, 15) is 9.18 Å². The van der Waals surface area contributed by atoms with Crippen LogP contribution in [0.4, 0.5) is 4.39 Å². The minimum Gasteiger partial charge on any atom is -0.493 e. The number of rotatable bonds is 20. The van der Waals surface area contributed by atoms with Gasteiger partial charge < -0.3 is 19.2 Å². The molecule has 3 heterocycles. The molecule has 0 amide bonds. The SMILES string of the molecule is COC(=O)c1ccc(COc2cc3c(cc2OC)CCN2C3Cc3c([nH]c4ccccc34)C2c2ccc(F)cc2)cc1.[B]B([B])B([B])B(B([B])[B])B(B(B([B])[B])B([B])[B])B(B(B([B])[B])B([B])[B])B(B([B])[B])B([B])[B].